The van der Waals surface area contributed by atoms with Gasteiger partial charge in [-0.25, -0.2) is 0 Å². The van der Waals surface area contributed by atoms with E-state index in [-0.39, 0.29) is 0 Å². The van der Waals surface area contributed by atoms with Gasteiger partial charge in [0.05, 0.1) is 17.3 Å². The zero-order chi connectivity index (χ0) is 13.0. The van der Waals surface area contributed by atoms with Crippen LogP contribution in [0.15, 0.2) is 46.9 Å². The van der Waals surface area contributed by atoms with Crippen LogP contribution in [-0.4, -0.2) is 7.05 Å². The number of benzene rings is 2. The first kappa shape index (κ1) is 12.5. The Morgan fingerprint density at radius 3 is 2.72 bits per heavy atom. The zero-order valence-corrected chi connectivity index (χ0v) is 11.4. The normalized spacial score (nSPS) is 9.61. The second-order valence-electron chi connectivity index (χ2n) is 3.60. The summed E-state index contributed by atoms with van der Waals surface area (Å²) in [5, 5.41) is 11.9. The molecule has 0 heterocycles. The van der Waals surface area contributed by atoms with E-state index in [1.165, 1.54) is 0 Å². The van der Waals surface area contributed by atoms with E-state index in [0.717, 1.165) is 10.2 Å². The summed E-state index contributed by atoms with van der Waals surface area (Å²) in [6.07, 6.45) is 0. The number of nitrogens with one attached hydrogen (secondary N) is 1. The molecule has 0 unspecified atom stereocenters. The minimum Gasteiger partial charge on any atom is -0.455 e. The van der Waals surface area contributed by atoms with Gasteiger partial charge in [-0.3, -0.25) is 0 Å². The molecule has 3 nitrogen and oxygen atoms in total. The molecule has 0 atom stereocenters. The molecule has 4 heteroatoms. The molecule has 2 rings (SSSR count). The van der Waals surface area contributed by atoms with Crippen LogP contribution in [0.5, 0.6) is 11.5 Å². The van der Waals surface area contributed by atoms with Crippen molar-refractivity contribution in [1.29, 1.82) is 5.26 Å². The Morgan fingerprint density at radius 1 is 1.22 bits per heavy atom. The zero-order valence-electron chi connectivity index (χ0n) is 9.77. The number of nitriles is 1. The van der Waals surface area contributed by atoms with Gasteiger partial charge >= 0.3 is 0 Å². The van der Waals surface area contributed by atoms with Crippen molar-refractivity contribution in [1.82, 2.24) is 0 Å². The third kappa shape index (κ3) is 2.63. The maximum absolute atomic E-state index is 8.85. The SMILES string of the molecule is CNc1c(Br)cccc1Oc1cccc(C#N)c1. The van der Waals surface area contributed by atoms with Crippen LogP contribution in [0.3, 0.4) is 0 Å². The molecule has 0 aliphatic rings. The number of hydrogen-bond acceptors (Lipinski definition) is 3. The Labute approximate surface area is 114 Å². The van der Waals surface area contributed by atoms with Gasteiger partial charge in [-0.15, -0.1) is 0 Å². The predicted octanol–water partition coefficient (Wildman–Crippen LogP) is 4.15. The Balaban J connectivity index is 2.34. The molecule has 90 valence electrons. The first-order valence-electron chi connectivity index (χ1n) is 5.39. The van der Waals surface area contributed by atoms with Crippen molar-refractivity contribution in [2.24, 2.45) is 0 Å². The number of hydrogen-bond donors (Lipinski definition) is 1. The van der Waals surface area contributed by atoms with Gasteiger partial charge in [-0.2, -0.15) is 5.26 Å². The monoisotopic (exact) mass is 302 g/mol. The van der Waals surface area contributed by atoms with Crippen molar-refractivity contribution in [3.05, 3.63) is 52.5 Å². The molecule has 0 spiro atoms. The van der Waals surface area contributed by atoms with E-state index in [2.05, 4.69) is 27.3 Å². The van der Waals surface area contributed by atoms with E-state index in [1.54, 1.807) is 18.2 Å². The molecule has 0 radical (unpaired) electrons. The van der Waals surface area contributed by atoms with Gasteiger partial charge in [0.2, 0.25) is 0 Å². The fourth-order valence-electron chi connectivity index (χ4n) is 1.59. The third-order valence-corrected chi connectivity index (χ3v) is 3.08. The topological polar surface area (TPSA) is 45.0 Å². The Bertz CT molecular complexity index is 605. The Kier molecular flexibility index (Phi) is 3.85. The van der Waals surface area contributed by atoms with Crippen molar-refractivity contribution in [2.45, 2.75) is 0 Å². The highest BCUT2D eigenvalue weighted by atomic mass is 79.9. The summed E-state index contributed by atoms with van der Waals surface area (Å²) in [5.74, 6) is 1.35. The number of anilines is 1. The van der Waals surface area contributed by atoms with Gasteiger partial charge in [-0.1, -0.05) is 12.1 Å². The highest BCUT2D eigenvalue weighted by Gasteiger charge is 2.07. The lowest BCUT2D eigenvalue weighted by Gasteiger charge is -2.12. The van der Waals surface area contributed by atoms with Crippen LogP contribution in [0.1, 0.15) is 5.56 Å². The predicted molar refractivity (Wildman–Crippen MR) is 74.9 cm³/mol. The molecule has 0 bridgehead atoms. The van der Waals surface area contributed by atoms with E-state index in [0.29, 0.717) is 17.1 Å². The minimum absolute atomic E-state index is 0.577. The van der Waals surface area contributed by atoms with Crippen molar-refractivity contribution in [3.63, 3.8) is 0 Å². The van der Waals surface area contributed by atoms with E-state index in [4.69, 9.17) is 10.00 Å². The van der Waals surface area contributed by atoms with Crippen LogP contribution in [-0.2, 0) is 0 Å². The molecular weight excluding hydrogens is 292 g/mol. The smallest absolute Gasteiger partial charge is 0.151 e. The first-order chi connectivity index (χ1) is 8.74. The standard InChI is InChI=1S/C14H11BrN2O/c1-17-14-12(15)6-3-7-13(14)18-11-5-2-4-10(8-11)9-16/h2-8,17H,1H3. The van der Waals surface area contributed by atoms with Gasteiger partial charge in [0.1, 0.15) is 5.75 Å². The van der Waals surface area contributed by atoms with Crippen molar-refractivity contribution >= 4 is 21.6 Å². The molecule has 0 aromatic heterocycles. The average molecular weight is 303 g/mol. The van der Waals surface area contributed by atoms with Crippen molar-refractivity contribution in [2.75, 3.05) is 12.4 Å². The summed E-state index contributed by atoms with van der Waals surface area (Å²) in [6, 6.07) is 14.9. The fourth-order valence-corrected chi connectivity index (χ4v) is 2.13. The third-order valence-electron chi connectivity index (χ3n) is 2.42. The first-order valence-corrected chi connectivity index (χ1v) is 6.18. The van der Waals surface area contributed by atoms with Crippen LogP contribution in [0.2, 0.25) is 0 Å². The lowest BCUT2D eigenvalue weighted by molar-refractivity contribution is 0.484. The molecule has 18 heavy (non-hydrogen) atoms. The number of halogens is 1. The molecule has 0 fully saturated rings. The highest BCUT2D eigenvalue weighted by Crippen LogP contribution is 2.35. The van der Waals surface area contributed by atoms with Crippen LogP contribution in [0.25, 0.3) is 0 Å². The van der Waals surface area contributed by atoms with Crippen LogP contribution in [0, 0.1) is 11.3 Å². The highest BCUT2D eigenvalue weighted by molar-refractivity contribution is 9.10. The lowest BCUT2D eigenvalue weighted by atomic mass is 10.2. The van der Waals surface area contributed by atoms with E-state index in [9.17, 15) is 0 Å². The van der Waals surface area contributed by atoms with E-state index >= 15 is 0 Å². The molecule has 0 saturated carbocycles. The summed E-state index contributed by atoms with van der Waals surface area (Å²) >= 11 is 3.45. The van der Waals surface area contributed by atoms with Gasteiger partial charge in [0, 0.05) is 11.5 Å². The fraction of sp³-hybridized carbons (Fsp3) is 0.0714. The van der Waals surface area contributed by atoms with Crippen molar-refractivity contribution < 1.29 is 4.74 Å². The second kappa shape index (κ2) is 5.56. The molecule has 2 aromatic carbocycles. The summed E-state index contributed by atoms with van der Waals surface area (Å²) in [6.45, 7) is 0. The molecular formula is C14H11BrN2O. The van der Waals surface area contributed by atoms with Crippen LogP contribution in [0.4, 0.5) is 5.69 Å². The maximum atomic E-state index is 8.85. The van der Waals surface area contributed by atoms with E-state index < -0.39 is 0 Å². The lowest BCUT2D eigenvalue weighted by Crippen LogP contribution is -1.94. The van der Waals surface area contributed by atoms with Gasteiger partial charge < -0.3 is 10.1 Å². The van der Waals surface area contributed by atoms with E-state index in [1.807, 2.05) is 31.3 Å². The van der Waals surface area contributed by atoms with Gasteiger partial charge in [0.25, 0.3) is 0 Å². The molecule has 2 aromatic rings. The number of para-hydroxylation sites is 1. The van der Waals surface area contributed by atoms with Gasteiger partial charge in [0.15, 0.2) is 5.75 Å². The average Bonchev–Trinajstić information content (AvgIpc) is 2.39. The van der Waals surface area contributed by atoms with Crippen molar-refractivity contribution in [3.8, 4) is 17.6 Å². The Morgan fingerprint density at radius 2 is 2.00 bits per heavy atom. The molecule has 0 amide bonds. The maximum Gasteiger partial charge on any atom is 0.151 e. The molecule has 0 aliphatic heterocycles. The Hall–Kier alpha value is -1.99. The number of rotatable bonds is 3. The van der Waals surface area contributed by atoms with Crippen LogP contribution < -0.4 is 10.1 Å². The second-order valence-corrected chi connectivity index (χ2v) is 4.46. The summed E-state index contributed by atoms with van der Waals surface area (Å²) in [4.78, 5) is 0. The summed E-state index contributed by atoms with van der Waals surface area (Å²) in [7, 11) is 1.83. The number of nitrogens with zero attached hydrogens (tertiary/aromatic N) is 1. The molecule has 0 saturated heterocycles. The number of ether oxygens (including phenoxy) is 1. The van der Waals surface area contributed by atoms with Gasteiger partial charge in [-0.05, 0) is 46.3 Å². The summed E-state index contributed by atoms with van der Waals surface area (Å²) < 4.78 is 6.71. The molecule has 0 aliphatic carbocycles. The molecule has 1 N–H and O–H groups in total. The van der Waals surface area contributed by atoms with Crippen LogP contribution >= 0.6 is 15.9 Å². The quantitative estimate of drug-likeness (QED) is 0.926. The largest absolute Gasteiger partial charge is 0.455 e. The summed E-state index contributed by atoms with van der Waals surface area (Å²) in [5.41, 5.74) is 1.45. The minimum atomic E-state index is 0.577.